The maximum absolute atomic E-state index is 11.7. The SMILES string of the molecule is CCOC(=O)c1ccc(NC(=O)c2ncc[nH]2)cc1. The second-order valence-corrected chi connectivity index (χ2v) is 3.69. The van der Waals surface area contributed by atoms with Crippen LogP contribution in [0.25, 0.3) is 0 Å². The number of ether oxygens (including phenoxy) is 1. The van der Waals surface area contributed by atoms with Crippen molar-refractivity contribution < 1.29 is 14.3 Å². The highest BCUT2D eigenvalue weighted by Gasteiger charge is 2.09. The molecule has 0 saturated carbocycles. The largest absolute Gasteiger partial charge is 0.462 e. The Morgan fingerprint density at radius 2 is 2.05 bits per heavy atom. The highest BCUT2D eigenvalue weighted by molar-refractivity contribution is 6.01. The van der Waals surface area contributed by atoms with Crippen molar-refractivity contribution in [2.75, 3.05) is 11.9 Å². The lowest BCUT2D eigenvalue weighted by Crippen LogP contribution is -2.13. The van der Waals surface area contributed by atoms with Crippen molar-refractivity contribution in [1.29, 1.82) is 0 Å². The number of rotatable bonds is 4. The Morgan fingerprint density at radius 3 is 2.63 bits per heavy atom. The molecule has 0 radical (unpaired) electrons. The van der Waals surface area contributed by atoms with Gasteiger partial charge in [-0.1, -0.05) is 0 Å². The van der Waals surface area contributed by atoms with Crippen LogP contribution in [0.2, 0.25) is 0 Å². The van der Waals surface area contributed by atoms with Crippen LogP contribution in [-0.2, 0) is 4.74 Å². The number of H-pyrrole nitrogens is 1. The third-order valence-electron chi connectivity index (χ3n) is 2.37. The van der Waals surface area contributed by atoms with Gasteiger partial charge in [0.25, 0.3) is 5.91 Å². The number of hydrogen-bond acceptors (Lipinski definition) is 4. The first-order valence-electron chi connectivity index (χ1n) is 5.78. The maximum Gasteiger partial charge on any atom is 0.338 e. The van der Waals surface area contributed by atoms with Crippen LogP contribution in [0, 0.1) is 0 Å². The summed E-state index contributed by atoms with van der Waals surface area (Å²) < 4.78 is 4.87. The average Bonchev–Trinajstić information content (AvgIpc) is 2.94. The third kappa shape index (κ3) is 3.19. The zero-order chi connectivity index (χ0) is 13.7. The molecule has 0 bridgehead atoms. The first kappa shape index (κ1) is 12.8. The van der Waals surface area contributed by atoms with Crippen LogP contribution in [0.3, 0.4) is 0 Å². The molecule has 1 heterocycles. The fourth-order valence-corrected chi connectivity index (χ4v) is 1.48. The number of carbonyl (C=O) groups excluding carboxylic acids is 2. The molecule has 0 atom stereocenters. The van der Waals surface area contributed by atoms with Crippen LogP contribution in [-0.4, -0.2) is 28.5 Å². The summed E-state index contributed by atoms with van der Waals surface area (Å²) in [6.45, 7) is 2.08. The van der Waals surface area contributed by atoms with Gasteiger partial charge in [-0.05, 0) is 31.2 Å². The number of imidazole rings is 1. The Morgan fingerprint density at radius 1 is 1.32 bits per heavy atom. The molecule has 19 heavy (non-hydrogen) atoms. The molecular weight excluding hydrogens is 246 g/mol. The molecular formula is C13H13N3O3. The predicted octanol–water partition coefficient (Wildman–Crippen LogP) is 1.84. The number of anilines is 1. The Hall–Kier alpha value is -2.63. The summed E-state index contributed by atoms with van der Waals surface area (Å²) in [7, 11) is 0. The van der Waals surface area contributed by atoms with Crippen LogP contribution >= 0.6 is 0 Å². The molecule has 0 saturated heterocycles. The van der Waals surface area contributed by atoms with E-state index in [9.17, 15) is 9.59 Å². The number of esters is 1. The zero-order valence-electron chi connectivity index (χ0n) is 10.3. The van der Waals surface area contributed by atoms with E-state index in [2.05, 4.69) is 15.3 Å². The molecule has 6 heteroatoms. The number of carbonyl (C=O) groups is 2. The van der Waals surface area contributed by atoms with E-state index < -0.39 is 0 Å². The lowest BCUT2D eigenvalue weighted by Gasteiger charge is -2.05. The van der Waals surface area contributed by atoms with Crippen LogP contribution in [0.1, 0.15) is 27.9 Å². The number of aromatic amines is 1. The highest BCUT2D eigenvalue weighted by atomic mass is 16.5. The van der Waals surface area contributed by atoms with Gasteiger partial charge in [-0.2, -0.15) is 0 Å². The lowest BCUT2D eigenvalue weighted by molar-refractivity contribution is 0.0526. The molecule has 98 valence electrons. The van der Waals surface area contributed by atoms with E-state index in [-0.39, 0.29) is 17.7 Å². The number of benzene rings is 1. The standard InChI is InChI=1S/C13H13N3O3/c1-2-19-13(18)9-3-5-10(6-4-9)16-12(17)11-14-7-8-15-11/h3-8H,2H2,1H3,(H,14,15)(H,16,17). The molecule has 0 aliphatic rings. The van der Waals surface area contributed by atoms with Gasteiger partial charge < -0.3 is 15.0 Å². The van der Waals surface area contributed by atoms with Gasteiger partial charge in [-0.15, -0.1) is 0 Å². The second-order valence-electron chi connectivity index (χ2n) is 3.69. The van der Waals surface area contributed by atoms with Crippen LogP contribution < -0.4 is 5.32 Å². The van der Waals surface area contributed by atoms with Crippen molar-refractivity contribution in [3.63, 3.8) is 0 Å². The van der Waals surface area contributed by atoms with Crippen molar-refractivity contribution in [1.82, 2.24) is 9.97 Å². The first-order valence-corrected chi connectivity index (χ1v) is 5.78. The Kier molecular flexibility index (Phi) is 3.92. The molecule has 0 spiro atoms. The second kappa shape index (κ2) is 5.81. The molecule has 1 aromatic heterocycles. The van der Waals surface area contributed by atoms with E-state index in [1.165, 1.54) is 6.20 Å². The van der Waals surface area contributed by atoms with Crippen LogP contribution in [0.5, 0.6) is 0 Å². The number of nitrogens with one attached hydrogen (secondary N) is 2. The van der Waals surface area contributed by atoms with E-state index in [1.54, 1.807) is 37.4 Å². The van der Waals surface area contributed by atoms with Crippen LogP contribution in [0.15, 0.2) is 36.7 Å². The van der Waals surface area contributed by atoms with Gasteiger partial charge in [0.05, 0.1) is 12.2 Å². The average molecular weight is 259 g/mol. The highest BCUT2D eigenvalue weighted by Crippen LogP contribution is 2.11. The molecule has 0 unspecified atom stereocenters. The van der Waals surface area contributed by atoms with E-state index in [0.29, 0.717) is 17.9 Å². The summed E-state index contributed by atoms with van der Waals surface area (Å²) in [5, 5.41) is 2.66. The van der Waals surface area contributed by atoms with Gasteiger partial charge in [0.15, 0.2) is 5.82 Å². The summed E-state index contributed by atoms with van der Waals surface area (Å²) in [6, 6.07) is 6.45. The Balaban J connectivity index is 2.03. The minimum Gasteiger partial charge on any atom is -0.462 e. The number of hydrogen-bond donors (Lipinski definition) is 2. The van der Waals surface area contributed by atoms with E-state index in [0.717, 1.165) is 0 Å². The molecule has 0 aliphatic heterocycles. The van der Waals surface area contributed by atoms with Gasteiger partial charge >= 0.3 is 5.97 Å². The number of aromatic nitrogens is 2. The minimum atomic E-state index is -0.383. The molecule has 1 aromatic carbocycles. The summed E-state index contributed by atoms with van der Waals surface area (Å²) in [5.41, 5.74) is 1.02. The Bertz CT molecular complexity index is 561. The van der Waals surface area contributed by atoms with Crippen LogP contribution in [0.4, 0.5) is 5.69 Å². The van der Waals surface area contributed by atoms with Gasteiger partial charge in [-0.3, -0.25) is 4.79 Å². The summed E-state index contributed by atoms with van der Waals surface area (Å²) >= 11 is 0. The molecule has 0 aliphatic carbocycles. The smallest absolute Gasteiger partial charge is 0.338 e. The summed E-state index contributed by atoms with van der Waals surface area (Å²) in [5.74, 6) is -0.491. The van der Waals surface area contributed by atoms with E-state index in [1.807, 2.05) is 0 Å². The van der Waals surface area contributed by atoms with Crippen molar-refractivity contribution in [2.45, 2.75) is 6.92 Å². The third-order valence-corrected chi connectivity index (χ3v) is 2.37. The van der Waals surface area contributed by atoms with Crippen molar-refractivity contribution in [3.8, 4) is 0 Å². The Labute approximate surface area is 109 Å². The minimum absolute atomic E-state index is 0.231. The van der Waals surface area contributed by atoms with Crippen molar-refractivity contribution >= 4 is 17.6 Å². The van der Waals surface area contributed by atoms with Gasteiger partial charge in [0, 0.05) is 18.1 Å². The number of amides is 1. The van der Waals surface area contributed by atoms with Crippen molar-refractivity contribution in [3.05, 3.63) is 48.0 Å². The monoisotopic (exact) mass is 259 g/mol. The normalized spacial score (nSPS) is 9.95. The van der Waals surface area contributed by atoms with Gasteiger partial charge in [0.2, 0.25) is 0 Å². The molecule has 2 N–H and O–H groups in total. The fraction of sp³-hybridized carbons (Fsp3) is 0.154. The molecule has 2 aromatic rings. The number of nitrogens with zero attached hydrogens (tertiary/aromatic N) is 1. The molecule has 1 amide bonds. The quantitative estimate of drug-likeness (QED) is 0.820. The lowest BCUT2D eigenvalue weighted by atomic mass is 10.2. The molecule has 0 fully saturated rings. The van der Waals surface area contributed by atoms with Gasteiger partial charge in [0.1, 0.15) is 0 Å². The maximum atomic E-state index is 11.7. The van der Waals surface area contributed by atoms with Gasteiger partial charge in [-0.25, -0.2) is 9.78 Å². The van der Waals surface area contributed by atoms with E-state index >= 15 is 0 Å². The summed E-state index contributed by atoms with van der Waals surface area (Å²) in [4.78, 5) is 29.7. The molecule has 2 rings (SSSR count). The predicted molar refractivity (Wildman–Crippen MR) is 68.9 cm³/mol. The van der Waals surface area contributed by atoms with Crippen molar-refractivity contribution in [2.24, 2.45) is 0 Å². The van der Waals surface area contributed by atoms with E-state index in [4.69, 9.17) is 4.74 Å². The fourth-order valence-electron chi connectivity index (χ4n) is 1.48. The molecule has 6 nitrogen and oxygen atoms in total. The topological polar surface area (TPSA) is 84.1 Å². The first-order chi connectivity index (χ1) is 9.20. The summed E-state index contributed by atoms with van der Waals surface area (Å²) in [6.07, 6.45) is 3.07. The zero-order valence-corrected chi connectivity index (χ0v) is 10.3.